The summed E-state index contributed by atoms with van der Waals surface area (Å²) in [5.74, 6) is 1.87. The van der Waals surface area contributed by atoms with Crippen molar-refractivity contribution in [2.75, 3.05) is 47.0 Å². The highest BCUT2D eigenvalue weighted by molar-refractivity contribution is 5.95. The second-order valence-corrected chi connectivity index (χ2v) is 9.04. The van der Waals surface area contributed by atoms with Crippen LogP contribution in [0.1, 0.15) is 55.3 Å². The fraction of sp³-hybridized carbons (Fsp3) is 0.667. The molecule has 0 aliphatic carbocycles. The molecule has 1 aromatic rings. The Bertz CT molecular complexity index is 797. The molecule has 170 valence electrons. The van der Waals surface area contributed by atoms with Crippen molar-refractivity contribution in [3.63, 3.8) is 0 Å². The summed E-state index contributed by atoms with van der Waals surface area (Å²) in [6, 6.07) is 5.29. The molecule has 1 atom stereocenters. The second kappa shape index (κ2) is 9.47. The van der Waals surface area contributed by atoms with Crippen LogP contribution >= 0.6 is 0 Å². The first kappa shape index (κ1) is 21.9. The number of hydrogen-bond acceptors (Lipinski definition) is 5. The van der Waals surface area contributed by atoms with Gasteiger partial charge in [0.05, 0.1) is 19.8 Å². The van der Waals surface area contributed by atoms with E-state index in [0.717, 1.165) is 51.6 Å². The lowest BCUT2D eigenvalue weighted by Gasteiger charge is -2.46. The Morgan fingerprint density at radius 2 is 1.74 bits per heavy atom. The van der Waals surface area contributed by atoms with Gasteiger partial charge in [-0.2, -0.15) is 0 Å². The zero-order valence-electron chi connectivity index (χ0n) is 18.7. The summed E-state index contributed by atoms with van der Waals surface area (Å²) in [5.41, 5.74) is 0.412. The number of rotatable bonds is 5. The molecule has 0 saturated carbocycles. The Morgan fingerprint density at radius 1 is 1.03 bits per heavy atom. The summed E-state index contributed by atoms with van der Waals surface area (Å²) in [5, 5.41) is 0. The van der Waals surface area contributed by atoms with Crippen LogP contribution < -0.4 is 9.47 Å². The Balaban J connectivity index is 1.34. The highest BCUT2D eigenvalue weighted by Crippen LogP contribution is 2.39. The van der Waals surface area contributed by atoms with Crippen LogP contribution in [-0.4, -0.2) is 74.2 Å². The van der Waals surface area contributed by atoms with Gasteiger partial charge in [0.25, 0.3) is 5.91 Å². The lowest BCUT2D eigenvalue weighted by molar-refractivity contribution is -0.140. The molecule has 0 aromatic heterocycles. The van der Waals surface area contributed by atoms with Crippen LogP contribution in [0.15, 0.2) is 18.2 Å². The van der Waals surface area contributed by atoms with E-state index in [1.807, 2.05) is 9.80 Å². The van der Waals surface area contributed by atoms with E-state index in [-0.39, 0.29) is 11.5 Å². The monoisotopic (exact) mass is 430 g/mol. The fourth-order valence-electron chi connectivity index (χ4n) is 5.26. The number of carbonyl (C=O) groups excluding carboxylic acids is 2. The third-order valence-electron chi connectivity index (χ3n) is 7.11. The summed E-state index contributed by atoms with van der Waals surface area (Å²) in [7, 11) is 3.15. The standard InChI is InChI=1S/C24H34N2O5/c1-29-20-6-5-19(16-21(20)30-2)23(28)26-12-8-24(9-13-26)17-18(7-14-31-24)15-22(27)25-10-3-4-11-25/h5-6,16,18H,3-4,7-15,17H2,1-2H3. The molecule has 3 heterocycles. The predicted octanol–water partition coefficient (Wildman–Crippen LogP) is 3.12. The van der Waals surface area contributed by atoms with E-state index >= 15 is 0 Å². The van der Waals surface area contributed by atoms with Crippen molar-refractivity contribution >= 4 is 11.8 Å². The number of likely N-dealkylation sites (tertiary alicyclic amines) is 2. The van der Waals surface area contributed by atoms with Gasteiger partial charge in [0, 0.05) is 44.8 Å². The summed E-state index contributed by atoms with van der Waals surface area (Å²) in [6.07, 6.45) is 6.42. The van der Waals surface area contributed by atoms with E-state index in [2.05, 4.69) is 0 Å². The Hall–Kier alpha value is -2.28. The summed E-state index contributed by atoms with van der Waals surface area (Å²) >= 11 is 0. The third kappa shape index (κ3) is 4.81. The number of ether oxygens (including phenoxy) is 3. The SMILES string of the molecule is COc1ccc(C(=O)N2CCC3(CC2)CC(CC(=O)N2CCCC2)CCO3)cc1OC. The predicted molar refractivity (Wildman–Crippen MR) is 117 cm³/mol. The fourth-order valence-corrected chi connectivity index (χ4v) is 5.26. The van der Waals surface area contributed by atoms with E-state index in [4.69, 9.17) is 14.2 Å². The van der Waals surface area contributed by atoms with Gasteiger partial charge in [-0.1, -0.05) is 0 Å². The maximum Gasteiger partial charge on any atom is 0.253 e. The zero-order valence-corrected chi connectivity index (χ0v) is 18.7. The molecular formula is C24H34N2O5. The molecule has 3 saturated heterocycles. The highest BCUT2D eigenvalue weighted by Gasteiger charge is 2.42. The van der Waals surface area contributed by atoms with Gasteiger partial charge in [0.2, 0.25) is 5.91 Å². The maximum atomic E-state index is 13.0. The summed E-state index contributed by atoms with van der Waals surface area (Å²) in [4.78, 5) is 29.5. The van der Waals surface area contributed by atoms with Crippen molar-refractivity contribution in [1.82, 2.24) is 9.80 Å². The van der Waals surface area contributed by atoms with E-state index in [0.29, 0.717) is 55.0 Å². The van der Waals surface area contributed by atoms with Crippen LogP contribution in [0.25, 0.3) is 0 Å². The largest absolute Gasteiger partial charge is 0.493 e. The lowest BCUT2D eigenvalue weighted by Crippen LogP contribution is -2.51. The molecule has 3 aliphatic heterocycles. The van der Waals surface area contributed by atoms with Crippen molar-refractivity contribution in [3.05, 3.63) is 23.8 Å². The zero-order chi connectivity index (χ0) is 21.8. The van der Waals surface area contributed by atoms with E-state index < -0.39 is 0 Å². The van der Waals surface area contributed by atoms with E-state index in [9.17, 15) is 9.59 Å². The van der Waals surface area contributed by atoms with Crippen molar-refractivity contribution in [2.45, 2.75) is 50.5 Å². The van der Waals surface area contributed by atoms with Gasteiger partial charge in [0.1, 0.15) is 0 Å². The molecule has 0 bridgehead atoms. The molecule has 7 heteroatoms. The number of nitrogens with zero attached hydrogens (tertiary/aromatic N) is 2. The molecule has 31 heavy (non-hydrogen) atoms. The minimum Gasteiger partial charge on any atom is -0.493 e. The van der Waals surface area contributed by atoms with Gasteiger partial charge in [-0.3, -0.25) is 9.59 Å². The molecular weight excluding hydrogens is 396 g/mol. The van der Waals surface area contributed by atoms with Crippen molar-refractivity contribution in [2.24, 2.45) is 5.92 Å². The molecule has 1 spiro atoms. The Kier molecular flexibility index (Phi) is 6.70. The first-order chi connectivity index (χ1) is 15.0. The van der Waals surface area contributed by atoms with Gasteiger partial charge in [-0.05, 0) is 62.6 Å². The van der Waals surface area contributed by atoms with Crippen LogP contribution in [0.5, 0.6) is 11.5 Å². The molecule has 7 nitrogen and oxygen atoms in total. The first-order valence-electron chi connectivity index (χ1n) is 11.5. The number of hydrogen-bond donors (Lipinski definition) is 0. The van der Waals surface area contributed by atoms with Gasteiger partial charge in [-0.25, -0.2) is 0 Å². The molecule has 3 aliphatic rings. The molecule has 1 unspecified atom stereocenters. The van der Waals surface area contributed by atoms with Crippen molar-refractivity contribution < 1.29 is 23.8 Å². The molecule has 2 amide bonds. The maximum absolute atomic E-state index is 13.0. The second-order valence-electron chi connectivity index (χ2n) is 9.04. The Labute approximate surface area is 184 Å². The van der Waals surface area contributed by atoms with Crippen LogP contribution in [-0.2, 0) is 9.53 Å². The van der Waals surface area contributed by atoms with Crippen LogP contribution in [0.4, 0.5) is 0 Å². The first-order valence-corrected chi connectivity index (χ1v) is 11.5. The molecule has 4 rings (SSSR count). The van der Waals surface area contributed by atoms with Crippen LogP contribution in [0.3, 0.4) is 0 Å². The van der Waals surface area contributed by atoms with Crippen LogP contribution in [0.2, 0.25) is 0 Å². The molecule has 0 radical (unpaired) electrons. The molecule has 1 aromatic carbocycles. The van der Waals surface area contributed by atoms with Gasteiger partial charge in [-0.15, -0.1) is 0 Å². The average molecular weight is 431 g/mol. The highest BCUT2D eigenvalue weighted by atomic mass is 16.5. The average Bonchev–Trinajstić information content (AvgIpc) is 3.34. The summed E-state index contributed by atoms with van der Waals surface area (Å²) < 4.78 is 16.9. The van der Waals surface area contributed by atoms with E-state index in [1.165, 1.54) is 0 Å². The van der Waals surface area contributed by atoms with Crippen LogP contribution in [0, 0.1) is 5.92 Å². The Morgan fingerprint density at radius 3 is 2.42 bits per heavy atom. The number of amides is 2. The smallest absolute Gasteiger partial charge is 0.253 e. The minimum absolute atomic E-state index is 0.00683. The lowest BCUT2D eigenvalue weighted by atomic mass is 9.78. The topological polar surface area (TPSA) is 68.3 Å². The number of benzene rings is 1. The van der Waals surface area contributed by atoms with E-state index in [1.54, 1.807) is 32.4 Å². The molecule has 0 N–H and O–H groups in total. The number of carbonyl (C=O) groups is 2. The van der Waals surface area contributed by atoms with Gasteiger partial charge < -0.3 is 24.0 Å². The van der Waals surface area contributed by atoms with Gasteiger partial charge in [0.15, 0.2) is 11.5 Å². The quantitative estimate of drug-likeness (QED) is 0.718. The summed E-state index contributed by atoms with van der Waals surface area (Å²) in [6.45, 7) is 3.88. The van der Waals surface area contributed by atoms with Crippen molar-refractivity contribution in [3.8, 4) is 11.5 Å². The van der Waals surface area contributed by atoms with Crippen molar-refractivity contribution in [1.29, 1.82) is 0 Å². The minimum atomic E-state index is -0.192. The normalized spacial score (nSPS) is 23.1. The number of piperidine rings is 1. The third-order valence-corrected chi connectivity index (χ3v) is 7.11. The number of methoxy groups -OCH3 is 2. The molecule has 3 fully saturated rings. The van der Waals surface area contributed by atoms with Gasteiger partial charge >= 0.3 is 0 Å².